The molecule has 0 aliphatic carbocycles. The average molecular weight is 1110 g/mol. The third-order valence-corrected chi connectivity index (χ3v) is 16.9. The molecule has 0 fully saturated rings. The van der Waals surface area contributed by atoms with Crippen molar-refractivity contribution in [2.75, 3.05) is 40.9 Å². The van der Waals surface area contributed by atoms with E-state index in [9.17, 15) is 19.4 Å². The molecule has 0 aliphatic rings. The lowest BCUT2D eigenvalue weighted by Gasteiger charge is -2.26. The monoisotopic (exact) mass is 1110 g/mol. The first-order chi connectivity index (χ1) is 37.5. The first-order valence-corrected chi connectivity index (χ1v) is 35.7. The van der Waals surface area contributed by atoms with Gasteiger partial charge in [-0.2, -0.15) is 0 Å². The number of nitrogens with one attached hydrogen (secondary N) is 1. The standard InChI is InChI=1S/C68H135N2O6P/c1-6-8-10-12-14-16-18-20-22-24-26-28-30-31-32-33-34-35-36-37-38-39-40-42-44-46-48-50-52-54-56-58-60-62-68(72)69-66(65-76-77(73,74)75-64-63-70(3,4)5)67(71)61-59-57-55-53-51-49-47-45-43-41-29-27-25-23-21-19-17-15-13-11-9-7-2/h18,20,24,26,66-67,71H,6-17,19,21-23,25,27-65H2,1-5H3,(H-,69,72,73,74)/p+1/b20-18-,26-24-. The van der Waals surface area contributed by atoms with E-state index >= 15 is 0 Å². The molecule has 0 aromatic carbocycles. The van der Waals surface area contributed by atoms with E-state index in [-0.39, 0.29) is 19.1 Å². The number of carbonyl (C=O) groups excluding carboxylic acids is 1. The van der Waals surface area contributed by atoms with Crippen LogP contribution in [0.3, 0.4) is 0 Å². The molecule has 458 valence electrons. The molecule has 0 aromatic rings. The summed E-state index contributed by atoms with van der Waals surface area (Å²) in [4.78, 5) is 23.4. The third kappa shape index (κ3) is 62.4. The summed E-state index contributed by atoms with van der Waals surface area (Å²) in [6, 6.07) is -0.759. The van der Waals surface area contributed by atoms with Gasteiger partial charge < -0.3 is 19.8 Å². The zero-order chi connectivity index (χ0) is 56.3. The Morgan fingerprint density at radius 2 is 0.740 bits per heavy atom. The van der Waals surface area contributed by atoms with E-state index < -0.39 is 20.0 Å². The largest absolute Gasteiger partial charge is 0.472 e. The highest BCUT2D eigenvalue weighted by molar-refractivity contribution is 7.47. The molecule has 3 unspecified atom stereocenters. The fourth-order valence-corrected chi connectivity index (χ4v) is 11.3. The van der Waals surface area contributed by atoms with Gasteiger partial charge in [0.1, 0.15) is 13.2 Å². The predicted molar refractivity (Wildman–Crippen MR) is 337 cm³/mol. The molecule has 0 heterocycles. The first kappa shape index (κ1) is 76.0. The number of carbonyl (C=O) groups is 1. The van der Waals surface area contributed by atoms with E-state index in [2.05, 4.69) is 43.5 Å². The Morgan fingerprint density at radius 1 is 0.442 bits per heavy atom. The maximum atomic E-state index is 13.1. The van der Waals surface area contributed by atoms with Crippen LogP contribution in [0, 0.1) is 0 Å². The van der Waals surface area contributed by atoms with Crippen LogP contribution in [0.25, 0.3) is 0 Å². The minimum atomic E-state index is -4.33. The quantitative estimate of drug-likeness (QED) is 0.0243. The van der Waals surface area contributed by atoms with Gasteiger partial charge in [0, 0.05) is 6.42 Å². The summed E-state index contributed by atoms with van der Waals surface area (Å²) < 4.78 is 23.9. The highest BCUT2D eigenvalue weighted by Gasteiger charge is 2.28. The van der Waals surface area contributed by atoms with Crippen LogP contribution in [0.4, 0.5) is 0 Å². The van der Waals surface area contributed by atoms with E-state index in [1.54, 1.807) is 0 Å². The first-order valence-electron chi connectivity index (χ1n) is 34.2. The second kappa shape index (κ2) is 59.6. The van der Waals surface area contributed by atoms with Crippen LogP contribution >= 0.6 is 7.82 Å². The number of aliphatic hydroxyl groups is 1. The van der Waals surface area contributed by atoms with Crippen LogP contribution < -0.4 is 5.32 Å². The number of phosphoric acid groups is 1. The number of quaternary nitrogens is 1. The van der Waals surface area contributed by atoms with Crippen LogP contribution in [0.15, 0.2) is 24.3 Å². The van der Waals surface area contributed by atoms with Gasteiger partial charge in [0.25, 0.3) is 0 Å². The van der Waals surface area contributed by atoms with Crippen LogP contribution in [0.5, 0.6) is 0 Å². The molecule has 8 nitrogen and oxygen atoms in total. The lowest BCUT2D eigenvalue weighted by atomic mass is 10.0. The second-order valence-corrected chi connectivity index (χ2v) is 26.4. The van der Waals surface area contributed by atoms with Crippen LogP contribution in [0.2, 0.25) is 0 Å². The van der Waals surface area contributed by atoms with Crippen LogP contribution in [-0.4, -0.2) is 73.4 Å². The SMILES string of the molecule is CCCCCCC/C=C\C/C=C\CCCCCCCCCCCCCCCCCCCCCCCC(=O)NC(COP(=O)(O)OCC[N+](C)(C)C)C(O)CCCCCCCCCCCCCCCCCCCCCCCC. The molecule has 3 atom stereocenters. The molecule has 0 rings (SSSR count). The van der Waals surface area contributed by atoms with Crippen molar-refractivity contribution in [1.82, 2.24) is 5.32 Å². The fourth-order valence-electron chi connectivity index (χ4n) is 10.6. The van der Waals surface area contributed by atoms with Gasteiger partial charge >= 0.3 is 7.82 Å². The van der Waals surface area contributed by atoms with Gasteiger partial charge in [-0.15, -0.1) is 0 Å². The number of allylic oxidation sites excluding steroid dienone is 4. The Hall–Kier alpha value is -1.02. The van der Waals surface area contributed by atoms with Gasteiger partial charge in [0.2, 0.25) is 5.91 Å². The molecule has 0 radical (unpaired) electrons. The van der Waals surface area contributed by atoms with Crippen LogP contribution in [0.1, 0.15) is 354 Å². The summed E-state index contributed by atoms with van der Waals surface area (Å²) >= 11 is 0. The van der Waals surface area contributed by atoms with Crippen molar-refractivity contribution in [1.29, 1.82) is 0 Å². The molecule has 3 N–H and O–H groups in total. The number of unbranched alkanes of at least 4 members (excludes halogenated alkanes) is 47. The van der Waals surface area contributed by atoms with Gasteiger partial charge in [-0.25, -0.2) is 4.57 Å². The number of hydrogen-bond acceptors (Lipinski definition) is 5. The van der Waals surface area contributed by atoms with Crippen molar-refractivity contribution in [3.8, 4) is 0 Å². The lowest BCUT2D eigenvalue weighted by Crippen LogP contribution is -2.46. The molecule has 77 heavy (non-hydrogen) atoms. The number of amides is 1. The second-order valence-electron chi connectivity index (χ2n) is 24.9. The van der Waals surface area contributed by atoms with Crippen molar-refractivity contribution in [2.45, 2.75) is 366 Å². The Bertz CT molecular complexity index is 1300. The topological polar surface area (TPSA) is 105 Å². The molecular formula is C68H136N2O6P+. The Kier molecular flexibility index (Phi) is 58.8. The zero-order valence-corrected chi connectivity index (χ0v) is 53.4. The van der Waals surface area contributed by atoms with Crippen molar-refractivity contribution in [3.63, 3.8) is 0 Å². The zero-order valence-electron chi connectivity index (χ0n) is 52.5. The fraction of sp³-hybridized carbons (Fsp3) is 0.926. The summed E-state index contributed by atoms with van der Waals surface area (Å²) in [5, 5.41) is 14.1. The summed E-state index contributed by atoms with van der Waals surface area (Å²) in [6.45, 7) is 4.94. The summed E-state index contributed by atoms with van der Waals surface area (Å²) in [6.07, 6.45) is 77.0. The van der Waals surface area contributed by atoms with E-state index in [0.717, 1.165) is 44.9 Å². The van der Waals surface area contributed by atoms with Crippen molar-refractivity contribution >= 4 is 13.7 Å². The maximum Gasteiger partial charge on any atom is 0.472 e. The lowest BCUT2D eigenvalue weighted by molar-refractivity contribution is -0.870. The number of phosphoric ester groups is 1. The van der Waals surface area contributed by atoms with Crippen molar-refractivity contribution in [2.24, 2.45) is 0 Å². The molecule has 0 spiro atoms. The Labute approximate surface area is 481 Å². The van der Waals surface area contributed by atoms with Crippen molar-refractivity contribution < 1.29 is 32.9 Å². The molecule has 1 amide bonds. The molecule has 9 heteroatoms. The Balaban J connectivity index is 3.98. The highest BCUT2D eigenvalue weighted by Crippen LogP contribution is 2.43. The number of rotatable bonds is 64. The molecule has 0 aromatic heterocycles. The van der Waals surface area contributed by atoms with Gasteiger partial charge in [-0.05, 0) is 44.9 Å². The summed E-state index contributed by atoms with van der Waals surface area (Å²) in [5.74, 6) is -0.136. The third-order valence-electron chi connectivity index (χ3n) is 16.0. The Morgan fingerprint density at radius 3 is 1.06 bits per heavy atom. The van der Waals surface area contributed by atoms with Gasteiger partial charge in [0.05, 0.1) is 39.9 Å². The molecule has 0 bridgehead atoms. The van der Waals surface area contributed by atoms with E-state index in [0.29, 0.717) is 23.9 Å². The van der Waals surface area contributed by atoms with Crippen molar-refractivity contribution in [3.05, 3.63) is 24.3 Å². The van der Waals surface area contributed by atoms with Gasteiger partial charge in [-0.3, -0.25) is 13.8 Å². The number of nitrogens with zero attached hydrogens (tertiary/aromatic N) is 1. The molecule has 0 saturated heterocycles. The van der Waals surface area contributed by atoms with E-state index in [1.165, 1.54) is 283 Å². The van der Waals surface area contributed by atoms with Gasteiger partial charge in [0.15, 0.2) is 0 Å². The van der Waals surface area contributed by atoms with Gasteiger partial charge in [-0.1, -0.05) is 327 Å². The van der Waals surface area contributed by atoms with E-state index in [1.807, 2.05) is 21.1 Å². The molecule has 0 saturated carbocycles. The predicted octanol–water partition coefficient (Wildman–Crippen LogP) is 21.5. The van der Waals surface area contributed by atoms with Crippen LogP contribution in [-0.2, 0) is 18.4 Å². The number of hydrogen-bond donors (Lipinski definition) is 3. The number of likely N-dealkylation sites (N-methyl/N-ethyl adjacent to an activating group) is 1. The maximum absolute atomic E-state index is 13.1. The number of aliphatic hydroxyl groups excluding tert-OH is 1. The highest BCUT2D eigenvalue weighted by atomic mass is 31.2. The molecule has 0 aliphatic heterocycles. The summed E-state index contributed by atoms with van der Waals surface area (Å²) in [5.41, 5.74) is 0. The smallest absolute Gasteiger partial charge is 0.391 e. The molecular weight excluding hydrogens is 972 g/mol. The summed E-state index contributed by atoms with van der Waals surface area (Å²) in [7, 11) is 1.64. The minimum absolute atomic E-state index is 0.0777. The minimum Gasteiger partial charge on any atom is -0.391 e. The van der Waals surface area contributed by atoms with E-state index in [4.69, 9.17) is 9.05 Å². The average Bonchev–Trinajstić information content (AvgIpc) is 3.39. The normalized spacial score (nSPS) is 13.8.